The van der Waals surface area contributed by atoms with Gasteiger partial charge in [0.1, 0.15) is 11.6 Å². The minimum absolute atomic E-state index is 0.343. The molecule has 0 spiro atoms. The second kappa shape index (κ2) is 4.59. The summed E-state index contributed by atoms with van der Waals surface area (Å²) in [6.07, 6.45) is -4.72. The number of aryl methyl sites for hydroxylation is 1. The van der Waals surface area contributed by atoms with Gasteiger partial charge in [0.15, 0.2) is 10.8 Å². The Labute approximate surface area is 111 Å². The molecule has 1 aromatic heterocycles. The van der Waals surface area contributed by atoms with Gasteiger partial charge in [0.25, 0.3) is 0 Å². The van der Waals surface area contributed by atoms with E-state index in [9.17, 15) is 13.2 Å². The van der Waals surface area contributed by atoms with Crippen LogP contribution in [0.4, 0.5) is 13.2 Å². The molecule has 0 atom stereocenters. The topological polar surface area (TPSA) is 41.6 Å². The fourth-order valence-electron chi connectivity index (χ4n) is 1.66. The van der Waals surface area contributed by atoms with Crippen molar-refractivity contribution in [3.05, 3.63) is 46.2 Å². The molecule has 0 aliphatic carbocycles. The summed E-state index contributed by atoms with van der Waals surface area (Å²) in [5.41, 5.74) is -0.842. The van der Waals surface area contributed by atoms with Crippen molar-refractivity contribution in [1.82, 2.24) is 9.78 Å². The van der Waals surface area contributed by atoms with Gasteiger partial charge in [-0.1, -0.05) is 29.8 Å². The Morgan fingerprint density at radius 1 is 1.32 bits per heavy atom. The zero-order chi connectivity index (χ0) is 14.2. The van der Waals surface area contributed by atoms with Crippen LogP contribution in [0.25, 0.3) is 5.69 Å². The smallest absolute Gasteiger partial charge is 0.220 e. The summed E-state index contributed by atoms with van der Waals surface area (Å²) >= 11 is 5.82. The number of benzene rings is 1. The Bertz CT molecular complexity index is 668. The summed E-state index contributed by atoms with van der Waals surface area (Å²) in [5.74, 6) is 0. The standard InChI is InChI=1S/C12H7ClF3N3/c1-7-4-2-3-5-9(7)19-11(13)8(6-17)10(18-19)12(14,15)16/h2-5H,1H3. The van der Waals surface area contributed by atoms with Gasteiger partial charge in [-0.3, -0.25) is 0 Å². The molecular formula is C12H7ClF3N3. The number of hydrogen-bond acceptors (Lipinski definition) is 2. The van der Waals surface area contributed by atoms with Crippen LogP contribution in [0.2, 0.25) is 5.15 Å². The van der Waals surface area contributed by atoms with Crippen molar-refractivity contribution in [3.8, 4) is 11.8 Å². The Balaban J connectivity index is 2.72. The molecule has 1 heterocycles. The summed E-state index contributed by atoms with van der Waals surface area (Å²) in [6, 6.07) is 8.13. The molecule has 0 saturated heterocycles. The molecule has 7 heteroatoms. The van der Waals surface area contributed by atoms with E-state index in [0.29, 0.717) is 11.3 Å². The van der Waals surface area contributed by atoms with Crippen LogP contribution in [0, 0.1) is 18.3 Å². The van der Waals surface area contributed by atoms with Crippen molar-refractivity contribution >= 4 is 11.6 Å². The van der Waals surface area contributed by atoms with E-state index in [-0.39, 0.29) is 5.15 Å². The normalized spacial score (nSPS) is 11.4. The SMILES string of the molecule is Cc1ccccc1-n1nc(C(F)(F)F)c(C#N)c1Cl. The number of hydrogen-bond donors (Lipinski definition) is 0. The first-order valence-corrected chi connectivity index (χ1v) is 5.56. The third kappa shape index (κ3) is 2.29. The minimum atomic E-state index is -4.72. The third-order valence-corrected chi connectivity index (χ3v) is 2.90. The summed E-state index contributed by atoms with van der Waals surface area (Å²) in [7, 11) is 0. The lowest BCUT2D eigenvalue weighted by molar-refractivity contribution is -0.141. The Morgan fingerprint density at radius 2 is 1.95 bits per heavy atom. The van der Waals surface area contributed by atoms with Crippen LogP contribution in [-0.2, 0) is 6.18 Å². The van der Waals surface area contributed by atoms with Crippen molar-refractivity contribution < 1.29 is 13.2 Å². The second-order valence-electron chi connectivity index (χ2n) is 3.82. The number of alkyl halides is 3. The van der Waals surface area contributed by atoms with Gasteiger partial charge in [0.05, 0.1) is 5.69 Å². The molecule has 0 aliphatic rings. The molecule has 0 saturated carbocycles. The van der Waals surface area contributed by atoms with Gasteiger partial charge < -0.3 is 0 Å². The molecule has 0 bridgehead atoms. The quantitative estimate of drug-likeness (QED) is 0.801. The Morgan fingerprint density at radius 3 is 2.42 bits per heavy atom. The van der Waals surface area contributed by atoms with Gasteiger partial charge >= 0.3 is 6.18 Å². The highest BCUT2D eigenvalue weighted by atomic mass is 35.5. The molecule has 2 rings (SSSR count). The van der Waals surface area contributed by atoms with E-state index < -0.39 is 17.4 Å². The van der Waals surface area contributed by atoms with E-state index in [2.05, 4.69) is 5.10 Å². The lowest BCUT2D eigenvalue weighted by Crippen LogP contribution is -2.09. The van der Waals surface area contributed by atoms with E-state index in [1.54, 1.807) is 31.2 Å². The first-order valence-electron chi connectivity index (χ1n) is 5.18. The third-order valence-electron chi connectivity index (χ3n) is 2.55. The molecule has 2 aromatic rings. The fourth-order valence-corrected chi connectivity index (χ4v) is 1.92. The average molecular weight is 286 g/mol. The van der Waals surface area contributed by atoms with Gasteiger partial charge in [0, 0.05) is 0 Å². The highest BCUT2D eigenvalue weighted by Crippen LogP contribution is 2.35. The lowest BCUT2D eigenvalue weighted by Gasteiger charge is -2.06. The largest absolute Gasteiger partial charge is 0.436 e. The van der Waals surface area contributed by atoms with E-state index >= 15 is 0 Å². The van der Waals surface area contributed by atoms with Gasteiger partial charge in [-0.2, -0.15) is 23.5 Å². The monoisotopic (exact) mass is 285 g/mol. The van der Waals surface area contributed by atoms with Crippen LogP contribution in [0.3, 0.4) is 0 Å². The molecule has 0 fully saturated rings. The van der Waals surface area contributed by atoms with Crippen LogP contribution in [0.1, 0.15) is 16.8 Å². The maximum Gasteiger partial charge on any atom is 0.436 e. The number of halogens is 4. The number of rotatable bonds is 1. The van der Waals surface area contributed by atoms with Crippen LogP contribution in [0.5, 0.6) is 0 Å². The van der Waals surface area contributed by atoms with Crippen molar-refractivity contribution in [2.75, 3.05) is 0 Å². The van der Waals surface area contributed by atoms with Gasteiger partial charge in [-0.05, 0) is 18.6 Å². The number of aromatic nitrogens is 2. The maximum atomic E-state index is 12.8. The summed E-state index contributed by atoms with van der Waals surface area (Å²) in [5, 5.41) is 11.9. The van der Waals surface area contributed by atoms with Crippen LogP contribution in [-0.4, -0.2) is 9.78 Å². The number of nitrogens with zero attached hydrogens (tertiary/aromatic N) is 3. The maximum absolute atomic E-state index is 12.8. The number of nitriles is 1. The van der Waals surface area contributed by atoms with Crippen molar-refractivity contribution in [3.63, 3.8) is 0 Å². The zero-order valence-corrected chi connectivity index (χ0v) is 10.4. The molecule has 1 aromatic carbocycles. The minimum Gasteiger partial charge on any atom is -0.220 e. The van der Waals surface area contributed by atoms with Crippen LogP contribution in [0.15, 0.2) is 24.3 Å². The highest BCUT2D eigenvalue weighted by Gasteiger charge is 2.39. The Kier molecular flexibility index (Phi) is 3.25. The Hall–Kier alpha value is -2.00. The van der Waals surface area contributed by atoms with Crippen molar-refractivity contribution in [1.29, 1.82) is 5.26 Å². The summed E-state index contributed by atoms with van der Waals surface area (Å²) < 4.78 is 39.2. The van der Waals surface area contributed by atoms with E-state index in [0.717, 1.165) is 4.68 Å². The predicted molar refractivity (Wildman–Crippen MR) is 63.0 cm³/mol. The first kappa shape index (κ1) is 13.4. The molecule has 19 heavy (non-hydrogen) atoms. The lowest BCUT2D eigenvalue weighted by atomic mass is 10.2. The van der Waals surface area contributed by atoms with Gasteiger partial charge in [0.2, 0.25) is 0 Å². The highest BCUT2D eigenvalue weighted by molar-refractivity contribution is 6.31. The zero-order valence-electron chi connectivity index (χ0n) is 9.66. The molecule has 98 valence electrons. The number of para-hydroxylation sites is 1. The summed E-state index contributed by atoms with van der Waals surface area (Å²) in [4.78, 5) is 0. The fraction of sp³-hybridized carbons (Fsp3) is 0.167. The van der Waals surface area contributed by atoms with E-state index in [1.807, 2.05) is 0 Å². The molecular weight excluding hydrogens is 279 g/mol. The van der Waals surface area contributed by atoms with E-state index in [1.165, 1.54) is 6.07 Å². The summed E-state index contributed by atoms with van der Waals surface area (Å²) in [6.45, 7) is 1.71. The van der Waals surface area contributed by atoms with Crippen LogP contribution >= 0.6 is 11.6 Å². The molecule has 0 amide bonds. The van der Waals surface area contributed by atoms with Crippen molar-refractivity contribution in [2.24, 2.45) is 0 Å². The predicted octanol–water partition coefficient (Wildman–Crippen LogP) is 3.72. The second-order valence-corrected chi connectivity index (χ2v) is 4.18. The van der Waals surface area contributed by atoms with Gasteiger partial charge in [-0.15, -0.1) is 0 Å². The first-order chi connectivity index (χ1) is 8.86. The average Bonchev–Trinajstić information content (AvgIpc) is 2.67. The van der Waals surface area contributed by atoms with Crippen molar-refractivity contribution in [2.45, 2.75) is 13.1 Å². The molecule has 0 N–H and O–H groups in total. The molecule has 3 nitrogen and oxygen atoms in total. The molecule has 0 aliphatic heterocycles. The van der Waals surface area contributed by atoms with Gasteiger partial charge in [-0.25, -0.2) is 4.68 Å². The van der Waals surface area contributed by atoms with E-state index in [4.69, 9.17) is 16.9 Å². The molecule has 0 radical (unpaired) electrons. The molecule has 0 unspecified atom stereocenters. The van der Waals surface area contributed by atoms with Crippen LogP contribution < -0.4 is 0 Å².